The normalized spacial score (nSPS) is 10.5. The number of hydrogen-bond acceptors (Lipinski definition) is 2. The minimum atomic E-state index is -0.939. The van der Waals surface area contributed by atoms with Crippen LogP contribution in [0, 0.1) is 17.5 Å². The number of carbonyl (C=O) groups excluding carboxylic acids is 1. The predicted molar refractivity (Wildman–Crippen MR) is 102 cm³/mol. The zero-order chi connectivity index (χ0) is 19.0. The molecule has 1 amide bonds. The minimum absolute atomic E-state index is 0. The van der Waals surface area contributed by atoms with Crippen LogP contribution in [0.4, 0.5) is 18.9 Å². The molecule has 4 nitrogen and oxygen atoms in total. The minimum Gasteiger partial charge on any atom is -0.319 e. The molecular weight excluding hydrogens is 391 g/mol. The Morgan fingerprint density at radius 3 is 2.54 bits per heavy atom. The van der Waals surface area contributed by atoms with E-state index in [9.17, 15) is 18.0 Å². The number of carbonyl (C=O) groups is 1. The second kappa shape index (κ2) is 7.74. The topological polar surface area (TPSA) is 46.4 Å². The molecule has 8 heteroatoms. The maximum Gasteiger partial charge on any atom is 0.258 e. The summed E-state index contributed by atoms with van der Waals surface area (Å²) in [7, 11) is 0. The third-order valence-electron chi connectivity index (χ3n) is 4.11. The van der Waals surface area contributed by atoms with Gasteiger partial charge in [0.05, 0.1) is 23.1 Å². The van der Waals surface area contributed by atoms with Crippen LogP contribution in [0.1, 0.15) is 10.4 Å². The lowest BCUT2D eigenvalue weighted by Crippen LogP contribution is -2.15. The van der Waals surface area contributed by atoms with Crippen molar-refractivity contribution in [2.75, 3.05) is 5.32 Å². The first-order valence-electron chi connectivity index (χ1n) is 8.01. The number of benzene rings is 2. The highest BCUT2D eigenvalue weighted by atomic mass is 35.5. The fraction of sp³-hybridized carbons (Fsp3) is 0. The van der Waals surface area contributed by atoms with E-state index in [0.29, 0.717) is 23.0 Å². The fourth-order valence-corrected chi connectivity index (χ4v) is 2.79. The van der Waals surface area contributed by atoms with Crippen molar-refractivity contribution < 1.29 is 18.0 Å². The Morgan fingerprint density at radius 2 is 1.79 bits per heavy atom. The molecule has 0 aliphatic carbocycles. The number of fused-ring (bicyclic) bond motifs is 1. The second-order valence-electron chi connectivity index (χ2n) is 5.85. The fourth-order valence-electron chi connectivity index (χ4n) is 2.79. The van der Waals surface area contributed by atoms with Gasteiger partial charge in [-0.15, -0.1) is 12.4 Å². The van der Waals surface area contributed by atoms with Gasteiger partial charge in [0.1, 0.15) is 23.1 Å². The van der Waals surface area contributed by atoms with Crippen LogP contribution in [0.15, 0.2) is 67.0 Å². The number of rotatable bonds is 3. The van der Waals surface area contributed by atoms with Gasteiger partial charge in [-0.2, -0.15) is 0 Å². The molecule has 0 aliphatic heterocycles. The molecule has 142 valence electrons. The molecule has 2 heterocycles. The van der Waals surface area contributed by atoms with Crippen molar-refractivity contribution in [3.8, 4) is 11.3 Å². The predicted octanol–water partition coefficient (Wildman–Crippen LogP) is 5.09. The van der Waals surface area contributed by atoms with Gasteiger partial charge in [-0.1, -0.05) is 12.1 Å². The number of imidazole rings is 1. The molecule has 0 fully saturated rings. The van der Waals surface area contributed by atoms with E-state index in [1.807, 2.05) is 18.2 Å². The average molecular weight is 404 g/mol. The van der Waals surface area contributed by atoms with E-state index in [0.717, 1.165) is 12.1 Å². The quantitative estimate of drug-likeness (QED) is 0.517. The second-order valence-corrected chi connectivity index (χ2v) is 5.85. The van der Waals surface area contributed by atoms with Crippen LogP contribution in [0.2, 0.25) is 0 Å². The summed E-state index contributed by atoms with van der Waals surface area (Å²) in [6.45, 7) is 0. The SMILES string of the molecule is Cl.O=C(Nc1ccc(F)cc1F)c1ccc(-c2cnc3ccccn23)cc1F. The first kappa shape index (κ1) is 19.4. The number of anilines is 1. The van der Waals surface area contributed by atoms with E-state index < -0.39 is 23.4 Å². The van der Waals surface area contributed by atoms with Crippen LogP contribution in [0.5, 0.6) is 0 Å². The molecule has 0 spiro atoms. The molecule has 0 radical (unpaired) electrons. The maximum atomic E-state index is 14.5. The van der Waals surface area contributed by atoms with Gasteiger partial charge >= 0.3 is 0 Å². The van der Waals surface area contributed by atoms with E-state index in [1.165, 1.54) is 12.1 Å². The summed E-state index contributed by atoms with van der Waals surface area (Å²) in [5, 5.41) is 2.24. The number of nitrogens with one attached hydrogen (secondary N) is 1. The first-order valence-corrected chi connectivity index (χ1v) is 8.01. The Morgan fingerprint density at radius 1 is 0.964 bits per heavy atom. The number of halogens is 4. The summed E-state index contributed by atoms with van der Waals surface area (Å²) in [6, 6.07) is 12.3. The number of hydrogen-bond donors (Lipinski definition) is 1. The summed E-state index contributed by atoms with van der Waals surface area (Å²) < 4.78 is 42.9. The molecule has 4 rings (SSSR count). The Bertz CT molecular complexity index is 1180. The first-order chi connectivity index (χ1) is 13.0. The van der Waals surface area contributed by atoms with Gasteiger partial charge in [-0.05, 0) is 36.4 Å². The molecule has 0 bridgehead atoms. The van der Waals surface area contributed by atoms with Gasteiger partial charge in [-0.25, -0.2) is 18.2 Å². The van der Waals surface area contributed by atoms with Crippen molar-refractivity contribution in [2.24, 2.45) is 0 Å². The van der Waals surface area contributed by atoms with Crippen molar-refractivity contribution in [1.29, 1.82) is 0 Å². The maximum absolute atomic E-state index is 14.5. The van der Waals surface area contributed by atoms with Crippen LogP contribution in [0.3, 0.4) is 0 Å². The Balaban J connectivity index is 0.00000225. The third kappa shape index (κ3) is 3.57. The van der Waals surface area contributed by atoms with Crippen LogP contribution < -0.4 is 5.32 Å². The van der Waals surface area contributed by atoms with Crippen LogP contribution in [-0.4, -0.2) is 15.3 Å². The zero-order valence-electron chi connectivity index (χ0n) is 14.2. The van der Waals surface area contributed by atoms with Crippen molar-refractivity contribution >= 4 is 29.6 Å². The van der Waals surface area contributed by atoms with E-state index >= 15 is 0 Å². The molecule has 2 aromatic carbocycles. The molecule has 0 atom stereocenters. The summed E-state index contributed by atoms with van der Waals surface area (Å²) >= 11 is 0. The molecule has 2 aromatic heterocycles. The van der Waals surface area contributed by atoms with Crippen molar-refractivity contribution in [3.05, 3.63) is 90.0 Å². The third-order valence-corrected chi connectivity index (χ3v) is 4.11. The zero-order valence-corrected chi connectivity index (χ0v) is 15.0. The van der Waals surface area contributed by atoms with E-state index in [-0.39, 0.29) is 23.7 Å². The van der Waals surface area contributed by atoms with E-state index in [4.69, 9.17) is 0 Å². The largest absolute Gasteiger partial charge is 0.319 e. The van der Waals surface area contributed by atoms with Crippen LogP contribution in [-0.2, 0) is 0 Å². The molecule has 0 unspecified atom stereocenters. The molecular formula is C20H13ClF3N3O. The molecule has 4 aromatic rings. The van der Waals surface area contributed by atoms with Crippen molar-refractivity contribution in [3.63, 3.8) is 0 Å². The lowest BCUT2D eigenvalue weighted by Gasteiger charge is -2.09. The van der Waals surface area contributed by atoms with Crippen molar-refractivity contribution in [2.45, 2.75) is 0 Å². The number of aromatic nitrogens is 2. The monoisotopic (exact) mass is 403 g/mol. The highest BCUT2D eigenvalue weighted by molar-refractivity contribution is 6.04. The number of amides is 1. The molecule has 1 N–H and O–H groups in total. The number of pyridine rings is 1. The van der Waals surface area contributed by atoms with Gasteiger partial charge in [0, 0.05) is 17.8 Å². The highest BCUT2D eigenvalue weighted by Gasteiger charge is 2.16. The summed E-state index contributed by atoms with van der Waals surface area (Å²) in [6.07, 6.45) is 3.41. The lowest BCUT2D eigenvalue weighted by atomic mass is 10.1. The van der Waals surface area contributed by atoms with Gasteiger partial charge in [0.15, 0.2) is 0 Å². The summed E-state index contributed by atoms with van der Waals surface area (Å²) in [5.74, 6) is -3.30. The average Bonchev–Trinajstić information content (AvgIpc) is 3.08. The Hall–Kier alpha value is -3.32. The van der Waals surface area contributed by atoms with Gasteiger partial charge in [0.2, 0.25) is 0 Å². The van der Waals surface area contributed by atoms with Crippen LogP contribution >= 0.6 is 12.4 Å². The lowest BCUT2D eigenvalue weighted by molar-refractivity contribution is 0.102. The van der Waals surface area contributed by atoms with Gasteiger partial charge < -0.3 is 5.32 Å². The smallest absolute Gasteiger partial charge is 0.258 e. The Kier molecular flexibility index (Phi) is 5.37. The van der Waals surface area contributed by atoms with Gasteiger partial charge in [-0.3, -0.25) is 9.20 Å². The van der Waals surface area contributed by atoms with Crippen LogP contribution in [0.25, 0.3) is 16.9 Å². The van der Waals surface area contributed by atoms with Crippen molar-refractivity contribution in [1.82, 2.24) is 9.38 Å². The molecule has 28 heavy (non-hydrogen) atoms. The standard InChI is InChI=1S/C20H12F3N3O.ClH/c21-13-5-7-17(16(23)10-13)25-20(27)14-6-4-12(9-15(14)22)18-11-24-19-3-1-2-8-26(18)19;/h1-11H,(H,25,27);1H. The van der Waals surface area contributed by atoms with E-state index in [2.05, 4.69) is 10.3 Å². The Labute approximate surface area is 164 Å². The molecule has 0 aliphatic rings. The van der Waals surface area contributed by atoms with Gasteiger partial charge in [0.25, 0.3) is 5.91 Å². The molecule has 0 saturated heterocycles. The summed E-state index contributed by atoms with van der Waals surface area (Å²) in [4.78, 5) is 16.5. The summed E-state index contributed by atoms with van der Waals surface area (Å²) in [5.41, 5.74) is 1.43. The molecule has 0 saturated carbocycles. The highest BCUT2D eigenvalue weighted by Crippen LogP contribution is 2.24. The van der Waals surface area contributed by atoms with E-state index in [1.54, 1.807) is 22.9 Å². The number of nitrogens with zero attached hydrogens (tertiary/aromatic N) is 2.